The second kappa shape index (κ2) is 6.18. The molecule has 0 aliphatic heterocycles. The predicted octanol–water partition coefficient (Wildman–Crippen LogP) is 2.84. The highest BCUT2D eigenvalue weighted by molar-refractivity contribution is 5.95. The van der Waals surface area contributed by atoms with Gasteiger partial charge in [0.2, 0.25) is 0 Å². The van der Waals surface area contributed by atoms with E-state index in [0.717, 1.165) is 22.8 Å². The van der Waals surface area contributed by atoms with Crippen LogP contribution >= 0.6 is 0 Å². The number of hydrogen-bond acceptors (Lipinski definition) is 3. The molecule has 1 fully saturated rings. The zero-order chi connectivity index (χ0) is 16.6. The summed E-state index contributed by atoms with van der Waals surface area (Å²) >= 11 is 0. The first kappa shape index (κ1) is 15.8. The quantitative estimate of drug-likeness (QED) is 0.943. The van der Waals surface area contributed by atoms with E-state index in [2.05, 4.69) is 20.1 Å². The van der Waals surface area contributed by atoms with Gasteiger partial charge in [-0.2, -0.15) is 0 Å². The van der Waals surface area contributed by atoms with Crippen molar-refractivity contribution in [2.45, 2.75) is 58.5 Å². The summed E-state index contributed by atoms with van der Waals surface area (Å²) in [5.74, 6) is 0.787. The minimum atomic E-state index is -0.162. The van der Waals surface area contributed by atoms with Gasteiger partial charge in [0.1, 0.15) is 6.33 Å². The molecule has 0 aromatic carbocycles. The van der Waals surface area contributed by atoms with E-state index in [4.69, 9.17) is 0 Å². The molecular weight excluding hydrogens is 290 g/mol. The zero-order valence-electron chi connectivity index (χ0n) is 14.3. The Bertz CT molecular complexity index is 709. The van der Waals surface area contributed by atoms with E-state index in [-0.39, 0.29) is 11.9 Å². The SMILES string of the molecule is Cc1cc(C(=O)N[C@@H](C)c2nncn2C2CCCC2)c(C)n1C. The molecule has 124 valence electrons. The molecule has 2 heterocycles. The van der Waals surface area contributed by atoms with E-state index in [1.54, 1.807) is 6.33 Å². The fourth-order valence-electron chi connectivity index (χ4n) is 3.45. The molecule has 23 heavy (non-hydrogen) atoms. The molecule has 1 atom stereocenters. The van der Waals surface area contributed by atoms with Gasteiger partial charge < -0.3 is 14.5 Å². The highest BCUT2D eigenvalue weighted by Gasteiger charge is 2.24. The zero-order valence-corrected chi connectivity index (χ0v) is 14.3. The van der Waals surface area contributed by atoms with Crippen LogP contribution in [0.2, 0.25) is 0 Å². The van der Waals surface area contributed by atoms with Gasteiger partial charge in [0.15, 0.2) is 5.82 Å². The topological polar surface area (TPSA) is 64.7 Å². The summed E-state index contributed by atoms with van der Waals surface area (Å²) in [5.41, 5.74) is 2.78. The van der Waals surface area contributed by atoms with Crippen molar-refractivity contribution in [2.24, 2.45) is 7.05 Å². The molecule has 1 N–H and O–H groups in total. The monoisotopic (exact) mass is 315 g/mol. The van der Waals surface area contributed by atoms with E-state index < -0.39 is 0 Å². The van der Waals surface area contributed by atoms with Crippen LogP contribution in [0.25, 0.3) is 0 Å². The second-order valence-electron chi connectivity index (χ2n) is 6.57. The summed E-state index contributed by atoms with van der Waals surface area (Å²) in [5, 5.41) is 11.4. The minimum Gasteiger partial charge on any atom is -0.351 e. The Hall–Kier alpha value is -2.11. The number of nitrogens with zero attached hydrogens (tertiary/aromatic N) is 4. The van der Waals surface area contributed by atoms with Crippen LogP contribution in [-0.4, -0.2) is 25.2 Å². The number of carbonyl (C=O) groups excluding carboxylic acids is 1. The third-order valence-electron chi connectivity index (χ3n) is 5.07. The Kier molecular flexibility index (Phi) is 4.24. The van der Waals surface area contributed by atoms with Crippen LogP contribution in [-0.2, 0) is 7.05 Å². The first-order valence-corrected chi connectivity index (χ1v) is 8.32. The molecular formula is C17H25N5O. The summed E-state index contributed by atoms with van der Waals surface area (Å²) in [7, 11) is 1.97. The van der Waals surface area contributed by atoms with E-state index >= 15 is 0 Å². The van der Waals surface area contributed by atoms with Crippen molar-refractivity contribution < 1.29 is 4.79 Å². The molecule has 3 rings (SSSR count). The Labute approximate surface area is 136 Å². The fraction of sp³-hybridized carbons (Fsp3) is 0.588. The maximum atomic E-state index is 12.6. The number of amides is 1. The largest absolute Gasteiger partial charge is 0.351 e. The average Bonchev–Trinajstić information content (AvgIpc) is 3.23. The van der Waals surface area contributed by atoms with Gasteiger partial charge in [-0.15, -0.1) is 10.2 Å². The number of aromatic nitrogens is 4. The van der Waals surface area contributed by atoms with Crippen LogP contribution in [0.15, 0.2) is 12.4 Å². The summed E-state index contributed by atoms with van der Waals surface area (Å²) in [6.07, 6.45) is 6.65. The number of hydrogen-bond donors (Lipinski definition) is 1. The van der Waals surface area contributed by atoms with Crippen molar-refractivity contribution in [2.75, 3.05) is 0 Å². The van der Waals surface area contributed by atoms with Crippen LogP contribution in [0.4, 0.5) is 0 Å². The van der Waals surface area contributed by atoms with Crippen LogP contribution < -0.4 is 5.32 Å². The highest BCUT2D eigenvalue weighted by atomic mass is 16.1. The minimum absolute atomic E-state index is 0.0559. The van der Waals surface area contributed by atoms with Crippen LogP contribution in [0, 0.1) is 13.8 Å². The maximum Gasteiger partial charge on any atom is 0.253 e. The Morgan fingerprint density at radius 3 is 2.65 bits per heavy atom. The Balaban J connectivity index is 1.76. The average molecular weight is 315 g/mol. The van der Waals surface area contributed by atoms with E-state index in [1.165, 1.54) is 25.7 Å². The van der Waals surface area contributed by atoms with Crippen molar-refractivity contribution >= 4 is 5.91 Å². The predicted molar refractivity (Wildman–Crippen MR) is 88.3 cm³/mol. The van der Waals surface area contributed by atoms with Gasteiger partial charge in [0.05, 0.1) is 11.6 Å². The fourth-order valence-corrected chi connectivity index (χ4v) is 3.45. The lowest BCUT2D eigenvalue weighted by Gasteiger charge is -2.18. The number of rotatable bonds is 4. The maximum absolute atomic E-state index is 12.6. The van der Waals surface area contributed by atoms with Gasteiger partial charge in [-0.25, -0.2) is 0 Å². The Morgan fingerprint density at radius 1 is 1.35 bits per heavy atom. The molecule has 1 aliphatic carbocycles. The molecule has 0 unspecified atom stereocenters. The molecule has 2 aromatic heterocycles. The smallest absolute Gasteiger partial charge is 0.253 e. The van der Waals surface area contributed by atoms with Gasteiger partial charge in [-0.1, -0.05) is 12.8 Å². The van der Waals surface area contributed by atoms with Gasteiger partial charge >= 0.3 is 0 Å². The van der Waals surface area contributed by atoms with Crippen molar-refractivity contribution in [3.63, 3.8) is 0 Å². The molecule has 2 aromatic rings. The van der Waals surface area contributed by atoms with Crippen molar-refractivity contribution in [1.82, 2.24) is 24.6 Å². The summed E-state index contributed by atoms with van der Waals surface area (Å²) < 4.78 is 4.17. The molecule has 6 heteroatoms. The van der Waals surface area contributed by atoms with E-state index in [0.29, 0.717) is 6.04 Å². The molecule has 6 nitrogen and oxygen atoms in total. The lowest BCUT2D eigenvalue weighted by molar-refractivity contribution is 0.0936. The molecule has 0 saturated heterocycles. The van der Waals surface area contributed by atoms with Crippen molar-refractivity contribution in [3.05, 3.63) is 35.2 Å². The molecule has 0 spiro atoms. The van der Waals surface area contributed by atoms with Crippen LogP contribution in [0.5, 0.6) is 0 Å². The number of nitrogens with one attached hydrogen (secondary N) is 1. The molecule has 1 saturated carbocycles. The molecule has 0 bridgehead atoms. The number of aryl methyl sites for hydroxylation is 1. The lowest BCUT2D eigenvalue weighted by Crippen LogP contribution is -2.29. The standard InChI is InChI=1S/C17H25N5O/c1-11-9-15(13(3)21(11)4)17(23)19-12(2)16-20-18-10-22(16)14-7-5-6-8-14/h9-10,12,14H,5-8H2,1-4H3,(H,19,23)/t12-/m0/s1. The molecule has 1 aliphatic rings. The van der Waals surface area contributed by atoms with E-state index in [1.807, 2.05) is 38.5 Å². The lowest BCUT2D eigenvalue weighted by atomic mass is 10.2. The third-order valence-corrected chi connectivity index (χ3v) is 5.07. The third kappa shape index (κ3) is 2.90. The van der Waals surface area contributed by atoms with Crippen LogP contribution in [0.3, 0.4) is 0 Å². The molecule has 1 amide bonds. The first-order chi connectivity index (χ1) is 11.0. The number of carbonyl (C=O) groups is 1. The van der Waals surface area contributed by atoms with Crippen LogP contribution in [0.1, 0.15) is 72.3 Å². The van der Waals surface area contributed by atoms with Crippen molar-refractivity contribution in [1.29, 1.82) is 0 Å². The normalized spacial score (nSPS) is 16.7. The van der Waals surface area contributed by atoms with Crippen molar-refractivity contribution in [3.8, 4) is 0 Å². The second-order valence-corrected chi connectivity index (χ2v) is 6.57. The highest BCUT2D eigenvalue weighted by Crippen LogP contribution is 2.31. The Morgan fingerprint density at radius 2 is 2.04 bits per heavy atom. The molecule has 0 radical (unpaired) electrons. The van der Waals surface area contributed by atoms with Gasteiger partial charge in [-0.3, -0.25) is 4.79 Å². The first-order valence-electron chi connectivity index (χ1n) is 8.32. The van der Waals surface area contributed by atoms with Gasteiger partial charge in [-0.05, 0) is 39.7 Å². The van der Waals surface area contributed by atoms with E-state index in [9.17, 15) is 4.79 Å². The summed E-state index contributed by atoms with van der Waals surface area (Å²) in [6.45, 7) is 5.94. The summed E-state index contributed by atoms with van der Waals surface area (Å²) in [6, 6.07) is 2.24. The van der Waals surface area contributed by atoms with Gasteiger partial charge in [0, 0.05) is 24.5 Å². The van der Waals surface area contributed by atoms with Gasteiger partial charge in [0.25, 0.3) is 5.91 Å². The summed E-state index contributed by atoms with van der Waals surface area (Å²) in [4.78, 5) is 12.6.